The van der Waals surface area contributed by atoms with Crippen molar-refractivity contribution in [1.29, 1.82) is 0 Å². The Morgan fingerprint density at radius 2 is 1.69 bits per heavy atom. The van der Waals surface area contributed by atoms with Gasteiger partial charge in [-0.2, -0.15) is 0 Å². The Kier molecular flexibility index (Phi) is 8.15. The highest BCUT2D eigenvalue weighted by Crippen LogP contribution is 2.45. The Hall–Kier alpha value is -2.57. The van der Waals surface area contributed by atoms with Crippen molar-refractivity contribution in [3.63, 3.8) is 0 Å². The first kappa shape index (κ1) is 24.1. The zero-order valence-corrected chi connectivity index (χ0v) is 18.1. The third-order valence-corrected chi connectivity index (χ3v) is 6.11. The number of hydrogen-bond donors (Lipinski definition) is 0. The number of esters is 1. The molecule has 0 aliphatic heterocycles. The Morgan fingerprint density at radius 1 is 1.03 bits per heavy atom. The van der Waals surface area contributed by atoms with Gasteiger partial charge in [0, 0.05) is 17.5 Å². The molecule has 1 unspecified atom stereocenters. The molecule has 2 aromatic rings. The molecule has 0 saturated heterocycles. The molecule has 1 aliphatic carbocycles. The first-order chi connectivity index (χ1) is 15.4. The average molecular weight is 452 g/mol. The fraction of sp³-hybridized carbons (Fsp3) is 0.480. The van der Waals surface area contributed by atoms with E-state index in [1.165, 1.54) is 12.1 Å². The highest BCUT2D eigenvalue weighted by Gasteiger charge is 2.41. The van der Waals surface area contributed by atoms with Gasteiger partial charge in [-0.15, -0.1) is 0 Å². The van der Waals surface area contributed by atoms with Gasteiger partial charge in [0.05, 0.1) is 0 Å². The van der Waals surface area contributed by atoms with E-state index in [9.17, 15) is 18.0 Å². The van der Waals surface area contributed by atoms with E-state index in [0.29, 0.717) is 18.6 Å². The smallest absolute Gasteiger partial charge is 0.347 e. The van der Waals surface area contributed by atoms with Crippen molar-refractivity contribution in [2.24, 2.45) is 5.41 Å². The van der Waals surface area contributed by atoms with Crippen LogP contribution in [0.25, 0.3) is 0 Å². The lowest BCUT2D eigenvalue weighted by Crippen LogP contribution is -2.38. The minimum absolute atomic E-state index is 0.00602. The zero-order chi connectivity index (χ0) is 23.1. The number of unbranched alkanes of at least 4 members (excludes halogenated alkanes) is 2. The third kappa shape index (κ3) is 5.61. The maximum absolute atomic E-state index is 15.6. The number of halogens is 4. The number of rotatable bonds is 9. The van der Waals surface area contributed by atoms with Gasteiger partial charge in [0.1, 0.15) is 17.1 Å². The predicted octanol–water partition coefficient (Wildman–Crippen LogP) is 7.53. The molecular weight excluding hydrogens is 424 g/mol. The summed E-state index contributed by atoms with van der Waals surface area (Å²) >= 11 is 0. The summed E-state index contributed by atoms with van der Waals surface area (Å²) in [6, 6.07) is 7.12. The minimum Gasteiger partial charge on any atom is -0.459 e. The molecule has 32 heavy (non-hydrogen) atoms. The second-order valence-electron chi connectivity index (χ2n) is 8.40. The van der Waals surface area contributed by atoms with Crippen molar-refractivity contribution in [1.82, 2.24) is 0 Å². The van der Waals surface area contributed by atoms with Crippen LogP contribution < -0.4 is 9.47 Å². The van der Waals surface area contributed by atoms with E-state index in [4.69, 9.17) is 9.47 Å². The van der Waals surface area contributed by atoms with E-state index in [0.717, 1.165) is 51.4 Å². The van der Waals surface area contributed by atoms with Crippen LogP contribution in [0, 0.1) is 22.9 Å². The normalized spacial score (nSPS) is 16.4. The first-order valence-corrected chi connectivity index (χ1v) is 11.1. The summed E-state index contributed by atoms with van der Waals surface area (Å²) in [6.07, 6.45) is 6.44. The molecule has 0 N–H and O–H groups in total. The number of carbonyl (C=O) groups is 1. The summed E-state index contributed by atoms with van der Waals surface area (Å²) in [5.41, 5.74) is -0.687. The van der Waals surface area contributed by atoms with Gasteiger partial charge in [-0.1, -0.05) is 57.6 Å². The number of para-hydroxylation sites is 1. The van der Waals surface area contributed by atoms with Crippen LogP contribution in [0.15, 0.2) is 36.4 Å². The standard InChI is InChI=1S/C25H28F4O3/c1-2-3-7-12-25(13-8-4-9-14-25)24(29)32-21-11-6-5-10-18(21)23(30)31-17-15-19(26)22(28)20(27)16-17/h5-6,10-11,15-16,24H,2-4,7-9,12-14H2,1H3. The van der Waals surface area contributed by atoms with Crippen LogP contribution in [-0.2, 0) is 0 Å². The van der Waals surface area contributed by atoms with Crippen LogP contribution in [0.4, 0.5) is 17.6 Å². The topological polar surface area (TPSA) is 35.5 Å². The Morgan fingerprint density at radius 3 is 2.34 bits per heavy atom. The number of ether oxygens (including phenoxy) is 2. The molecular formula is C25H28F4O3. The summed E-state index contributed by atoms with van der Waals surface area (Å²) < 4.78 is 66.3. The lowest BCUT2D eigenvalue weighted by molar-refractivity contribution is -0.0796. The Bertz CT molecular complexity index is 902. The maximum atomic E-state index is 15.6. The molecule has 1 atom stereocenters. The molecule has 0 amide bonds. The van der Waals surface area contributed by atoms with Gasteiger partial charge in [0.25, 0.3) is 0 Å². The molecule has 1 aliphatic rings. The fourth-order valence-electron chi connectivity index (χ4n) is 4.30. The molecule has 1 fully saturated rings. The zero-order valence-electron chi connectivity index (χ0n) is 18.1. The van der Waals surface area contributed by atoms with Crippen LogP contribution in [0.3, 0.4) is 0 Å². The summed E-state index contributed by atoms with van der Waals surface area (Å²) in [4.78, 5) is 12.6. The Labute approximate surface area is 185 Å². The van der Waals surface area contributed by atoms with Crippen molar-refractivity contribution in [3.05, 3.63) is 59.4 Å². The summed E-state index contributed by atoms with van der Waals surface area (Å²) in [5, 5.41) is 0. The summed E-state index contributed by atoms with van der Waals surface area (Å²) in [7, 11) is 0. The Balaban J connectivity index is 1.78. The second kappa shape index (κ2) is 10.8. The van der Waals surface area contributed by atoms with Gasteiger partial charge in [-0.3, -0.25) is 0 Å². The first-order valence-electron chi connectivity index (χ1n) is 11.1. The van der Waals surface area contributed by atoms with E-state index in [1.807, 2.05) is 0 Å². The number of hydrogen-bond acceptors (Lipinski definition) is 3. The molecule has 7 heteroatoms. The molecule has 0 radical (unpaired) electrons. The van der Waals surface area contributed by atoms with Crippen LogP contribution >= 0.6 is 0 Å². The predicted molar refractivity (Wildman–Crippen MR) is 113 cm³/mol. The van der Waals surface area contributed by atoms with Crippen molar-refractivity contribution in [2.45, 2.75) is 71.1 Å². The molecule has 3 rings (SSSR count). The number of carbonyl (C=O) groups excluding carboxylic acids is 1. The van der Waals surface area contributed by atoms with Gasteiger partial charge < -0.3 is 9.47 Å². The van der Waals surface area contributed by atoms with Gasteiger partial charge in [-0.05, 0) is 31.4 Å². The highest BCUT2D eigenvalue weighted by atomic mass is 19.2. The minimum atomic E-state index is -1.66. The van der Waals surface area contributed by atoms with Gasteiger partial charge >= 0.3 is 5.97 Å². The number of alkyl halides is 1. The summed E-state index contributed by atoms with van der Waals surface area (Å²) in [6.45, 7) is 2.09. The summed E-state index contributed by atoms with van der Waals surface area (Å²) in [5.74, 6) is -6.11. The second-order valence-corrected chi connectivity index (χ2v) is 8.40. The molecule has 0 bridgehead atoms. The van der Waals surface area contributed by atoms with Crippen LogP contribution in [0.1, 0.15) is 75.1 Å². The SMILES string of the molecule is CCCCCC1(C(F)Oc2ccccc2C(=O)Oc2cc(F)c(F)c(F)c2)CCCCC1. The quantitative estimate of drug-likeness (QED) is 0.130. The maximum Gasteiger partial charge on any atom is 0.347 e. The van der Waals surface area contributed by atoms with E-state index in [1.54, 1.807) is 12.1 Å². The van der Waals surface area contributed by atoms with E-state index >= 15 is 4.39 Å². The van der Waals surface area contributed by atoms with E-state index in [2.05, 4.69) is 6.92 Å². The molecule has 3 nitrogen and oxygen atoms in total. The average Bonchev–Trinajstić information content (AvgIpc) is 2.78. The third-order valence-electron chi connectivity index (χ3n) is 6.11. The lowest BCUT2D eigenvalue weighted by atomic mass is 9.70. The van der Waals surface area contributed by atoms with Crippen molar-refractivity contribution in [2.75, 3.05) is 0 Å². The molecule has 2 aromatic carbocycles. The molecule has 0 heterocycles. The van der Waals surface area contributed by atoms with Crippen LogP contribution in [-0.4, -0.2) is 12.3 Å². The van der Waals surface area contributed by atoms with Crippen molar-refractivity contribution < 1.29 is 31.8 Å². The molecule has 0 aromatic heterocycles. The van der Waals surface area contributed by atoms with Gasteiger partial charge in [0.2, 0.25) is 6.36 Å². The van der Waals surface area contributed by atoms with E-state index in [-0.39, 0.29) is 11.3 Å². The largest absolute Gasteiger partial charge is 0.459 e. The monoisotopic (exact) mass is 452 g/mol. The van der Waals surface area contributed by atoms with Crippen LogP contribution in [0.2, 0.25) is 0 Å². The molecule has 174 valence electrons. The highest BCUT2D eigenvalue weighted by molar-refractivity contribution is 5.94. The molecule has 1 saturated carbocycles. The van der Waals surface area contributed by atoms with Gasteiger partial charge in [0.15, 0.2) is 17.5 Å². The fourth-order valence-corrected chi connectivity index (χ4v) is 4.30. The van der Waals surface area contributed by atoms with Crippen molar-refractivity contribution in [3.8, 4) is 11.5 Å². The van der Waals surface area contributed by atoms with E-state index < -0.39 is 40.9 Å². The van der Waals surface area contributed by atoms with Crippen molar-refractivity contribution >= 4 is 5.97 Å². The number of benzene rings is 2. The van der Waals surface area contributed by atoms with Crippen LogP contribution in [0.5, 0.6) is 11.5 Å². The van der Waals surface area contributed by atoms with Gasteiger partial charge in [-0.25, -0.2) is 22.4 Å². The molecule has 0 spiro atoms. The lowest BCUT2D eigenvalue weighted by Gasteiger charge is -2.39.